The minimum absolute atomic E-state index is 0.799. The van der Waals surface area contributed by atoms with Gasteiger partial charge in [0.1, 0.15) is 6.33 Å². The summed E-state index contributed by atoms with van der Waals surface area (Å²) in [5.41, 5.74) is 0.904. The van der Waals surface area contributed by atoms with Gasteiger partial charge in [-0.25, -0.2) is 9.97 Å². The molecule has 0 aromatic carbocycles. The van der Waals surface area contributed by atoms with Crippen molar-refractivity contribution in [2.45, 2.75) is 20.8 Å². The van der Waals surface area contributed by atoms with Crippen molar-refractivity contribution < 1.29 is 0 Å². The monoisotopic (exact) mass is 190 g/mol. The van der Waals surface area contributed by atoms with E-state index in [0.29, 0.717) is 0 Å². The highest BCUT2D eigenvalue weighted by Gasteiger charge is 1.95. The topological polar surface area (TPSA) is 43.6 Å². The molecule has 74 valence electrons. The number of rotatable bonds is 1. The SMILES string of the molecule is CC.Cc1cncc(-n2ccnc2)n1. The van der Waals surface area contributed by atoms with E-state index >= 15 is 0 Å². The Morgan fingerprint density at radius 2 is 1.93 bits per heavy atom. The number of hydrogen-bond acceptors (Lipinski definition) is 3. The lowest BCUT2D eigenvalue weighted by Gasteiger charge is -1.99. The molecule has 0 saturated carbocycles. The zero-order valence-corrected chi connectivity index (χ0v) is 8.68. The van der Waals surface area contributed by atoms with Gasteiger partial charge in [0.25, 0.3) is 0 Å². The van der Waals surface area contributed by atoms with Gasteiger partial charge in [0.2, 0.25) is 0 Å². The standard InChI is InChI=1S/C8H8N4.C2H6/c1-7-4-10-5-8(11-7)12-3-2-9-6-12;1-2/h2-6H,1H3;1-2H3. The summed E-state index contributed by atoms with van der Waals surface area (Å²) in [7, 11) is 0. The number of nitrogens with zero attached hydrogens (tertiary/aromatic N) is 4. The average Bonchev–Trinajstić information content (AvgIpc) is 2.74. The van der Waals surface area contributed by atoms with Gasteiger partial charge in [-0.2, -0.15) is 0 Å². The molecule has 4 heteroatoms. The number of aromatic nitrogens is 4. The van der Waals surface area contributed by atoms with E-state index in [1.54, 1.807) is 24.9 Å². The molecule has 0 aliphatic rings. The van der Waals surface area contributed by atoms with Gasteiger partial charge >= 0.3 is 0 Å². The number of aryl methyl sites for hydroxylation is 1. The molecule has 2 heterocycles. The smallest absolute Gasteiger partial charge is 0.156 e. The van der Waals surface area contributed by atoms with Gasteiger partial charge in [-0.3, -0.25) is 9.55 Å². The van der Waals surface area contributed by atoms with Crippen molar-refractivity contribution in [1.82, 2.24) is 19.5 Å². The molecule has 0 radical (unpaired) electrons. The molecule has 0 spiro atoms. The molecule has 0 unspecified atom stereocenters. The zero-order valence-electron chi connectivity index (χ0n) is 8.68. The van der Waals surface area contributed by atoms with Gasteiger partial charge in [0.15, 0.2) is 5.82 Å². The predicted molar refractivity (Wildman–Crippen MR) is 55.2 cm³/mol. The normalized spacial score (nSPS) is 9.07. The molecule has 0 amide bonds. The second kappa shape index (κ2) is 5.11. The van der Waals surface area contributed by atoms with E-state index in [2.05, 4.69) is 15.0 Å². The lowest BCUT2D eigenvalue weighted by Crippen LogP contribution is -1.96. The minimum Gasteiger partial charge on any atom is -0.289 e. The van der Waals surface area contributed by atoms with Crippen molar-refractivity contribution >= 4 is 0 Å². The van der Waals surface area contributed by atoms with Crippen LogP contribution in [0.25, 0.3) is 5.82 Å². The largest absolute Gasteiger partial charge is 0.289 e. The van der Waals surface area contributed by atoms with Gasteiger partial charge in [-0.05, 0) is 6.92 Å². The Kier molecular flexibility index (Phi) is 3.79. The first-order chi connectivity index (χ1) is 6.86. The van der Waals surface area contributed by atoms with Crippen LogP contribution in [0.5, 0.6) is 0 Å². The molecule has 14 heavy (non-hydrogen) atoms. The molecule has 2 rings (SSSR count). The molecule has 0 aliphatic heterocycles. The quantitative estimate of drug-likeness (QED) is 0.690. The van der Waals surface area contributed by atoms with Gasteiger partial charge in [0.05, 0.1) is 11.9 Å². The molecule has 2 aromatic heterocycles. The third-order valence-electron chi connectivity index (χ3n) is 1.51. The van der Waals surface area contributed by atoms with Crippen LogP contribution in [-0.4, -0.2) is 19.5 Å². The van der Waals surface area contributed by atoms with Crippen LogP contribution in [0.15, 0.2) is 31.1 Å². The highest BCUT2D eigenvalue weighted by atomic mass is 15.1. The summed E-state index contributed by atoms with van der Waals surface area (Å²) in [4.78, 5) is 12.2. The predicted octanol–water partition coefficient (Wildman–Crippen LogP) is 2.00. The van der Waals surface area contributed by atoms with E-state index in [1.807, 2.05) is 31.5 Å². The Labute approximate surface area is 83.7 Å². The van der Waals surface area contributed by atoms with E-state index in [1.165, 1.54) is 0 Å². The summed E-state index contributed by atoms with van der Waals surface area (Å²) >= 11 is 0. The van der Waals surface area contributed by atoms with E-state index in [9.17, 15) is 0 Å². The average molecular weight is 190 g/mol. The van der Waals surface area contributed by atoms with Crippen LogP contribution in [0.4, 0.5) is 0 Å². The lowest BCUT2D eigenvalue weighted by atomic mass is 10.5. The van der Waals surface area contributed by atoms with Gasteiger partial charge in [-0.15, -0.1) is 0 Å². The molecule has 4 nitrogen and oxygen atoms in total. The second-order valence-corrected chi connectivity index (χ2v) is 2.49. The molecule has 2 aromatic rings. The van der Waals surface area contributed by atoms with E-state index < -0.39 is 0 Å². The van der Waals surface area contributed by atoms with E-state index in [-0.39, 0.29) is 0 Å². The van der Waals surface area contributed by atoms with Crippen molar-refractivity contribution in [2.24, 2.45) is 0 Å². The first-order valence-corrected chi connectivity index (χ1v) is 4.63. The first kappa shape index (κ1) is 10.4. The molecule has 0 bridgehead atoms. The molecule has 0 fully saturated rings. The third kappa shape index (κ3) is 2.39. The fourth-order valence-electron chi connectivity index (χ4n) is 0.969. The highest BCUT2D eigenvalue weighted by Crippen LogP contribution is 2.01. The second-order valence-electron chi connectivity index (χ2n) is 2.49. The van der Waals surface area contributed by atoms with Crippen molar-refractivity contribution in [3.05, 3.63) is 36.8 Å². The summed E-state index contributed by atoms with van der Waals surface area (Å²) in [5, 5.41) is 0. The van der Waals surface area contributed by atoms with Crippen molar-refractivity contribution in [3.8, 4) is 5.82 Å². The van der Waals surface area contributed by atoms with Gasteiger partial charge < -0.3 is 0 Å². The maximum Gasteiger partial charge on any atom is 0.156 e. The molecular weight excluding hydrogens is 176 g/mol. The third-order valence-corrected chi connectivity index (χ3v) is 1.51. The van der Waals surface area contributed by atoms with Crippen LogP contribution in [0.2, 0.25) is 0 Å². The van der Waals surface area contributed by atoms with E-state index in [0.717, 1.165) is 11.5 Å². The zero-order chi connectivity index (χ0) is 10.4. The van der Waals surface area contributed by atoms with Crippen LogP contribution < -0.4 is 0 Å². The Balaban J connectivity index is 0.000000461. The van der Waals surface area contributed by atoms with Crippen molar-refractivity contribution in [3.63, 3.8) is 0 Å². The van der Waals surface area contributed by atoms with Crippen LogP contribution in [-0.2, 0) is 0 Å². The summed E-state index contributed by atoms with van der Waals surface area (Å²) in [6.07, 6.45) is 8.67. The van der Waals surface area contributed by atoms with Crippen LogP contribution in [0, 0.1) is 6.92 Å². The van der Waals surface area contributed by atoms with Crippen LogP contribution in [0.1, 0.15) is 19.5 Å². The molecular formula is C10H14N4. The van der Waals surface area contributed by atoms with Crippen LogP contribution in [0.3, 0.4) is 0 Å². The Bertz CT molecular complexity index is 367. The van der Waals surface area contributed by atoms with Crippen molar-refractivity contribution in [2.75, 3.05) is 0 Å². The van der Waals surface area contributed by atoms with Crippen LogP contribution >= 0.6 is 0 Å². The minimum atomic E-state index is 0.799. The van der Waals surface area contributed by atoms with Crippen molar-refractivity contribution in [1.29, 1.82) is 0 Å². The summed E-state index contributed by atoms with van der Waals surface area (Å²) in [5.74, 6) is 0.799. The fraction of sp³-hybridized carbons (Fsp3) is 0.300. The number of hydrogen-bond donors (Lipinski definition) is 0. The molecule has 0 saturated heterocycles. The van der Waals surface area contributed by atoms with E-state index in [4.69, 9.17) is 0 Å². The van der Waals surface area contributed by atoms with Gasteiger partial charge in [-0.1, -0.05) is 13.8 Å². The molecule has 0 atom stereocenters. The maximum absolute atomic E-state index is 4.28. The fourth-order valence-corrected chi connectivity index (χ4v) is 0.969. The first-order valence-electron chi connectivity index (χ1n) is 4.63. The highest BCUT2D eigenvalue weighted by molar-refractivity contribution is 5.18. The Morgan fingerprint density at radius 3 is 2.50 bits per heavy atom. The molecule has 0 aliphatic carbocycles. The summed E-state index contributed by atoms with van der Waals surface area (Å²) in [6, 6.07) is 0. The maximum atomic E-state index is 4.28. The number of imidazole rings is 1. The molecule has 0 N–H and O–H groups in total. The summed E-state index contributed by atoms with van der Waals surface area (Å²) < 4.78 is 1.82. The Morgan fingerprint density at radius 1 is 1.14 bits per heavy atom. The lowest BCUT2D eigenvalue weighted by molar-refractivity contribution is 0.949. The van der Waals surface area contributed by atoms with Gasteiger partial charge in [0, 0.05) is 18.6 Å². The Hall–Kier alpha value is -1.71. The summed E-state index contributed by atoms with van der Waals surface area (Å²) in [6.45, 7) is 5.91.